The molecule has 108 valence electrons. The van der Waals surface area contributed by atoms with E-state index in [-0.39, 0.29) is 6.04 Å². The highest BCUT2D eigenvalue weighted by Gasteiger charge is 2.19. The zero-order valence-electron chi connectivity index (χ0n) is 11.8. The largest absolute Gasteiger partial charge is 0.309 e. The molecular weight excluding hydrogens is 366 g/mol. The van der Waals surface area contributed by atoms with Crippen LogP contribution in [0.25, 0.3) is 10.1 Å². The Kier molecular flexibility index (Phi) is 4.36. The fourth-order valence-corrected chi connectivity index (χ4v) is 4.51. The smallest absolute Gasteiger partial charge is 0.0591 e. The Morgan fingerprint density at radius 2 is 1.90 bits per heavy atom. The summed E-state index contributed by atoms with van der Waals surface area (Å²) in [7, 11) is 1.99. The van der Waals surface area contributed by atoms with Crippen molar-refractivity contribution in [2.75, 3.05) is 7.05 Å². The summed E-state index contributed by atoms with van der Waals surface area (Å²) in [6.45, 7) is 2.08. The summed E-state index contributed by atoms with van der Waals surface area (Å²) in [6.07, 6.45) is 0. The standard InChI is InChI=1S/C17H15BrClNS/c1-10-11(5-4-8-15(10)19)16(20-2)13-9-21-17-12(13)6-3-7-14(17)18/h3-9,16,20H,1-2H3. The van der Waals surface area contributed by atoms with E-state index in [4.69, 9.17) is 11.6 Å². The van der Waals surface area contributed by atoms with Crippen LogP contribution in [0.1, 0.15) is 22.7 Å². The summed E-state index contributed by atoms with van der Waals surface area (Å²) >= 11 is 11.7. The minimum atomic E-state index is 0.145. The van der Waals surface area contributed by atoms with Gasteiger partial charge in [0.2, 0.25) is 0 Å². The average molecular weight is 381 g/mol. The molecule has 3 aromatic rings. The molecule has 0 bridgehead atoms. The first kappa shape index (κ1) is 15.0. The van der Waals surface area contributed by atoms with Gasteiger partial charge in [-0.15, -0.1) is 11.3 Å². The molecule has 0 spiro atoms. The molecule has 1 nitrogen and oxygen atoms in total. The Morgan fingerprint density at radius 3 is 2.67 bits per heavy atom. The first-order chi connectivity index (χ1) is 10.1. The Hall–Kier alpha value is -0.870. The molecule has 0 amide bonds. The van der Waals surface area contributed by atoms with Gasteiger partial charge in [0, 0.05) is 14.2 Å². The second-order valence-electron chi connectivity index (χ2n) is 4.98. The van der Waals surface area contributed by atoms with Gasteiger partial charge in [0.15, 0.2) is 0 Å². The van der Waals surface area contributed by atoms with Gasteiger partial charge in [0.05, 0.1) is 6.04 Å². The van der Waals surface area contributed by atoms with E-state index in [1.807, 2.05) is 19.2 Å². The van der Waals surface area contributed by atoms with Crippen LogP contribution in [0.3, 0.4) is 0 Å². The third-order valence-electron chi connectivity index (χ3n) is 3.80. The molecule has 0 aliphatic heterocycles. The van der Waals surface area contributed by atoms with E-state index in [0.29, 0.717) is 0 Å². The highest BCUT2D eigenvalue weighted by molar-refractivity contribution is 9.10. The lowest BCUT2D eigenvalue weighted by Crippen LogP contribution is -2.18. The maximum atomic E-state index is 6.29. The van der Waals surface area contributed by atoms with Crippen molar-refractivity contribution in [1.29, 1.82) is 0 Å². The number of halogens is 2. The van der Waals surface area contributed by atoms with Crippen molar-refractivity contribution in [2.45, 2.75) is 13.0 Å². The summed E-state index contributed by atoms with van der Waals surface area (Å²) in [4.78, 5) is 0. The number of hydrogen-bond acceptors (Lipinski definition) is 2. The van der Waals surface area contributed by atoms with Crippen LogP contribution in [0.4, 0.5) is 0 Å². The fraction of sp³-hybridized carbons (Fsp3) is 0.176. The minimum absolute atomic E-state index is 0.145. The molecule has 1 aromatic heterocycles. The molecule has 0 fully saturated rings. The Morgan fingerprint density at radius 1 is 1.14 bits per heavy atom. The van der Waals surface area contributed by atoms with Gasteiger partial charge in [-0.25, -0.2) is 0 Å². The van der Waals surface area contributed by atoms with Gasteiger partial charge in [-0.05, 0) is 69.5 Å². The van der Waals surface area contributed by atoms with Crippen LogP contribution in [0.15, 0.2) is 46.3 Å². The maximum absolute atomic E-state index is 6.29. The lowest BCUT2D eigenvalue weighted by Gasteiger charge is -2.19. The maximum Gasteiger partial charge on any atom is 0.0591 e. The van der Waals surface area contributed by atoms with E-state index >= 15 is 0 Å². The average Bonchev–Trinajstić information content (AvgIpc) is 2.90. The van der Waals surface area contributed by atoms with Crippen molar-refractivity contribution < 1.29 is 0 Å². The second kappa shape index (κ2) is 6.09. The molecule has 0 saturated carbocycles. The summed E-state index contributed by atoms with van der Waals surface area (Å²) in [6, 6.07) is 12.6. The molecule has 0 saturated heterocycles. The molecule has 2 aromatic carbocycles. The van der Waals surface area contributed by atoms with Crippen molar-refractivity contribution in [3.8, 4) is 0 Å². The van der Waals surface area contributed by atoms with Gasteiger partial charge in [-0.1, -0.05) is 35.9 Å². The lowest BCUT2D eigenvalue weighted by molar-refractivity contribution is 0.694. The van der Waals surface area contributed by atoms with Gasteiger partial charge in [0.25, 0.3) is 0 Å². The topological polar surface area (TPSA) is 12.0 Å². The monoisotopic (exact) mass is 379 g/mol. The number of benzene rings is 2. The highest BCUT2D eigenvalue weighted by atomic mass is 79.9. The molecule has 3 rings (SSSR count). The van der Waals surface area contributed by atoms with Crippen LogP contribution in [0.5, 0.6) is 0 Å². The van der Waals surface area contributed by atoms with E-state index in [1.54, 1.807) is 11.3 Å². The van der Waals surface area contributed by atoms with Crippen LogP contribution in [-0.4, -0.2) is 7.05 Å². The van der Waals surface area contributed by atoms with E-state index in [0.717, 1.165) is 15.1 Å². The second-order valence-corrected chi connectivity index (χ2v) is 7.12. The van der Waals surface area contributed by atoms with Gasteiger partial charge in [-0.3, -0.25) is 0 Å². The SMILES string of the molecule is CNC(c1cccc(Cl)c1C)c1csc2c(Br)cccc12. The molecule has 0 aliphatic rings. The summed E-state index contributed by atoms with van der Waals surface area (Å²) in [5.41, 5.74) is 3.65. The predicted octanol–water partition coefficient (Wildman–Crippen LogP) is 5.93. The third-order valence-corrected chi connectivity index (χ3v) is 6.18. The zero-order valence-corrected chi connectivity index (χ0v) is 14.9. The van der Waals surface area contributed by atoms with Gasteiger partial charge in [0.1, 0.15) is 0 Å². The van der Waals surface area contributed by atoms with Crippen LogP contribution in [0, 0.1) is 6.92 Å². The first-order valence-corrected chi connectivity index (χ1v) is 8.76. The summed E-state index contributed by atoms with van der Waals surface area (Å²) in [5, 5.41) is 7.76. The normalized spacial score (nSPS) is 12.8. The first-order valence-electron chi connectivity index (χ1n) is 6.71. The Bertz CT molecular complexity index is 797. The molecule has 4 heteroatoms. The van der Waals surface area contributed by atoms with Crippen molar-refractivity contribution in [1.82, 2.24) is 5.32 Å². The van der Waals surface area contributed by atoms with Crippen molar-refractivity contribution in [3.63, 3.8) is 0 Å². The quantitative estimate of drug-likeness (QED) is 0.593. The third kappa shape index (κ3) is 2.64. The van der Waals surface area contributed by atoms with Crippen LogP contribution >= 0.6 is 38.9 Å². The van der Waals surface area contributed by atoms with Gasteiger partial charge >= 0.3 is 0 Å². The van der Waals surface area contributed by atoms with E-state index < -0.39 is 0 Å². The molecule has 1 heterocycles. The zero-order chi connectivity index (χ0) is 15.0. The summed E-state index contributed by atoms with van der Waals surface area (Å²) < 4.78 is 2.43. The molecule has 0 radical (unpaired) electrons. The molecule has 1 atom stereocenters. The summed E-state index contributed by atoms with van der Waals surface area (Å²) in [5.74, 6) is 0. The molecular formula is C17H15BrClNS. The highest BCUT2D eigenvalue weighted by Crippen LogP contribution is 2.38. The molecule has 21 heavy (non-hydrogen) atoms. The van der Waals surface area contributed by atoms with Crippen LogP contribution in [-0.2, 0) is 0 Å². The van der Waals surface area contributed by atoms with Crippen molar-refractivity contribution in [3.05, 3.63) is 68.0 Å². The van der Waals surface area contributed by atoms with E-state index in [2.05, 4.69) is 57.8 Å². The number of rotatable bonds is 3. The van der Waals surface area contributed by atoms with Gasteiger partial charge in [-0.2, -0.15) is 0 Å². The van der Waals surface area contributed by atoms with Gasteiger partial charge < -0.3 is 5.32 Å². The van der Waals surface area contributed by atoms with Crippen LogP contribution in [0.2, 0.25) is 5.02 Å². The van der Waals surface area contributed by atoms with Crippen LogP contribution < -0.4 is 5.32 Å². The number of thiophene rings is 1. The number of hydrogen-bond donors (Lipinski definition) is 1. The predicted molar refractivity (Wildman–Crippen MR) is 96.6 cm³/mol. The number of nitrogens with one attached hydrogen (secondary N) is 1. The van der Waals surface area contributed by atoms with Crippen molar-refractivity contribution >= 4 is 49.0 Å². The Balaban J connectivity index is 2.19. The number of fused-ring (bicyclic) bond motifs is 1. The van der Waals surface area contributed by atoms with E-state index in [1.165, 1.54) is 21.2 Å². The van der Waals surface area contributed by atoms with Crippen molar-refractivity contribution in [2.24, 2.45) is 0 Å². The Labute approximate surface area is 142 Å². The lowest BCUT2D eigenvalue weighted by atomic mass is 9.95. The molecule has 1 N–H and O–H groups in total. The molecule has 0 aliphatic carbocycles. The fourth-order valence-electron chi connectivity index (χ4n) is 2.68. The molecule has 1 unspecified atom stereocenters. The van der Waals surface area contributed by atoms with E-state index in [9.17, 15) is 0 Å². The minimum Gasteiger partial charge on any atom is -0.309 e.